The van der Waals surface area contributed by atoms with E-state index >= 15 is 0 Å². The zero-order valence-corrected chi connectivity index (χ0v) is 9.21. The molecule has 1 aromatic heterocycles. The Balaban J connectivity index is 3.37. The summed E-state index contributed by atoms with van der Waals surface area (Å²) in [5, 5.41) is 17.6. The Morgan fingerprint density at radius 3 is 2.20 bits per heavy atom. The van der Waals surface area contributed by atoms with E-state index in [0.717, 1.165) is 0 Å². The first-order valence-corrected chi connectivity index (χ1v) is 4.68. The number of carbonyl (C=O) groups is 1. The Kier molecular flexibility index (Phi) is 4.01. The van der Waals surface area contributed by atoms with E-state index in [-0.39, 0.29) is 6.07 Å². The second-order valence-corrected chi connectivity index (χ2v) is 3.43. The Morgan fingerprint density at radius 1 is 1.25 bits per heavy atom. The third kappa shape index (κ3) is 4.17. The van der Waals surface area contributed by atoms with Crippen LogP contribution in [0.3, 0.4) is 0 Å². The number of aliphatic carboxylic acids is 1. The number of rotatable bonds is 3. The van der Waals surface area contributed by atoms with Crippen LogP contribution in [-0.4, -0.2) is 27.5 Å². The van der Waals surface area contributed by atoms with E-state index in [1.165, 1.54) is 0 Å². The van der Waals surface area contributed by atoms with Crippen LogP contribution in [-0.2, 0) is 17.4 Å². The Hall–Kier alpha value is -2.20. The predicted octanol–water partition coefficient (Wildman–Crippen LogP) is 2.33. The summed E-state index contributed by atoms with van der Waals surface area (Å²) in [6.45, 7) is 0. The van der Waals surface area contributed by atoms with Crippen molar-refractivity contribution < 1.29 is 46.1 Å². The Bertz CT molecular complexity index is 524. The van der Waals surface area contributed by atoms with Crippen molar-refractivity contribution in [2.75, 3.05) is 0 Å². The van der Waals surface area contributed by atoms with E-state index in [1.807, 2.05) is 0 Å². The maximum absolute atomic E-state index is 12.5. The molecule has 20 heavy (non-hydrogen) atoms. The number of ether oxygens (including phenoxy) is 1. The molecule has 0 fully saturated rings. The number of aromatic nitrogens is 1. The highest BCUT2D eigenvalue weighted by Gasteiger charge is 2.39. The number of hydrogen-bond acceptors (Lipinski definition) is 4. The third-order valence-electron chi connectivity index (χ3n) is 1.88. The SMILES string of the molecule is O=C(O)Cc1cc(OC(F)(F)F)nc(C(F)(F)F)c1O. The number of hydrogen-bond donors (Lipinski definition) is 2. The van der Waals surface area contributed by atoms with Crippen LogP contribution in [0.2, 0.25) is 0 Å². The molecular weight excluding hydrogens is 300 g/mol. The fourth-order valence-corrected chi connectivity index (χ4v) is 1.23. The van der Waals surface area contributed by atoms with Gasteiger partial charge in [-0.1, -0.05) is 0 Å². The number of carboxylic acid groups (broad SMARTS) is 1. The minimum Gasteiger partial charge on any atom is -0.505 e. The molecular formula is C9H5F6NO4. The lowest BCUT2D eigenvalue weighted by Crippen LogP contribution is -2.20. The summed E-state index contributed by atoms with van der Waals surface area (Å²) in [4.78, 5) is 12.9. The van der Waals surface area contributed by atoms with Crippen LogP contribution in [0.5, 0.6) is 11.6 Å². The van der Waals surface area contributed by atoms with Gasteiger partial charge in [0.15, 0.2) is 5.69 Å². The molecule has 1 heterocycles. The van der Waals surface area contributed by atoms with Gasteiger partial charge in [0.05, 0.1) is 6.42 Å². The zero-order valence-electron chi connectivity index (χ0n) is 9.21. The van der Waals surface area contributed by atoms with Crippen molar-refractivity contribution in [3.05, 3.63) is 17.3 Å². The van der Waals surface area contributed by atoms with Crippen molar-refractivity contribution >= 4 is 5.97 Å². The van der Waals surface area contributed by atoms with Gasteiger partial charge in [-0.25, -0.2) is 4.98 Å². The van der Waals surface area contributed by atoms with Crippen molar-refractivity contribution in [2.24, 2.45) is 0 Å². The molecule has 0 bridgehead atoms. The lowest BCUT2D eigenvalue weighted by atomic mass is 10.1. The van der Waals surface area contributed by atoms with Crippen LogP contribution in [0.25, 0.3) is 0 Å². The molecule has 0 radical (unpaired) electrons. The molecule has 112 valence electrons. The van der Waals surface area contributed by atoms with Crippen LogP contribution in [0.4, 0.5) is 26.3 Å². The van der Waals surface area contributed by atoms with Gasteiger partial charge in [-0.05, 0) is 0 Å². The fraction of sp³-hybridized carbons (Fsp3) is 0.333. The number of carboxylic acids is 1. The van der Waals surface area contributed by atoms with E-state index in [9.17, 15) is 36.2 Å². The predicted molar refractivity (Wildman–Crippen MR) is 48.9 cm³/mol. The average molecular weight is 305 g/mol. The number of alkyl halides is 6. The maximum Gasteiger partial charge on any atom is 0.574 e. The van der Waals surface area contributed by atoms with Crippen molar-refractivity contribution in [2.45, 2.75) is 19.0 Å². The van der Waals surface area contributed by atoms with Gasteiger partial charge in [0, 0.05) is 11.6 Å². The molecule has 2 N–H and O–H groups in total. The minimum absolute atomic E-state index is 0.270. The summed E-state index contributed by atoms with van der Waals surface area (Å²) >= 11 is 0. The van der Waals surface area contributed by atoms with Gasteiger partial charge >= 0.3 is 18.5 Å². The van der Waals surface area contributed by atoms with Gasteiger partial charge in [0.25, 0.3) is 0 Å². The fourth-order valence-electron chi connectivity index (χ4n) is 1.23. The molecule has 0 amide bonds. The summed E-state index contributed by atoms with van der Waals surface area (Å²) in [6.07, 6.45) is -11.7. The third-order valence-corrected chi connectivity index (χ3v) is 1.88. The van der Waals surface area contributed by atoms with E-state index in [0.29, 0.717) is 0 Å². The van der Waals surface area contributed by atoms with Crippen LogP contribution in [0.15, 0.2) is 6.07 Å². The first kappa shape index (κ1) is 15.9. The normalized spacial score (nSPS) is 12.3. The van der Waals surface area contributed by atoms with Crippen LogP contribution < -0.4 is 4.74 Å². The number of halogens is 6. The molecule has 11 heteroatoms. The molecule has 0 saturated carbocycles. The van der Waals surface area contributed by atoms with E-state index in [1.54, 1.807) is 0 Å². The molecule has 1 aromatic rings. The Morgan fingerprint density at radius 2 is 1.80 bits per heavy atom. The second kappa shape index (κ2) is 5.06. The molecule has 0 aliphatic heterocycles. The molecule has 1 rings (SSSR count). The first-order valence-electron chi connectivity index (χ1n) is 4.68. The monoisotopic (exact) mass is 305 g/mol. The molecule has 0 atom stereocenters. The van der Waals surface area contributed by atoms with E-state index < -0.39 is 47.8 Å². The second-order valence-electron chi connectivity index (χ2n) is 3.43. The first-order chi connectivity index (χ1) is 8.90. The summed E-state index contributed by atoms with van der Waals surface area (Å²) < 4.78 is 76.4. The smallest absolute Gasteiger partial charge is 0.505 e. The van der Waals surface area contributed by atoms with Gasteiger partial charge in [-0.2, -0.15) is 13.2 Å². The van der Waals surface area contributed by atoms with Crippen molar-refractivity contribution in [3.63, 3.8) is 0 Å². The van der Waals surface area contributed by atoms with Gasteiger partial charge < -0.3 is 14.9 Å². The van der Waals surface area contributed by atoms with Gasteiger partial charge in [0.1, 0.15) is 5.75 Å². The van der Waals surface area contributed by atoms with Crippen LogP contribution in [0.1, 0.15) is 11.3 Å². The molecule has 0 saturated heterocycles. The van der Waals surface area contributed by atoms with Gasteiger partial charge in [0.2, 0.25) is 5.88 Å². The van der Waals surface area contributed by atoms with Crippen molar-refractivity contribution in [1.82, 2.24) is 4.98 Å². The maximum atomic E-state index is 12.5. The topological polar surface area (TPSA) is 79.7 Å². The zero-order chi connectivity index (χ0) is 15.7. The molecule has 0 aliphatic carbocycles. The van der Waals surface area contributed by atoms with Gasteiger partial charge in [-0.15, -0.1) is 13.2 Å². The van der Waals surface area contributed by atoms with Gasteiger partial charge in [-0.3, -0.25) is 4.79 Å². The average Bonchev–Trinajstić information content (AvgIpc) is 2.17. The highest BCUT2D eigenvalue weighted by atomic mass is 19.4. The molecule has 5 nitrogen and oxygen atoms in total. The minimum atomic E-state index is -5.31. The quantitative estimate of drug-likeness (QED) is 0.838. The molecule has 0 unspecified atom stereocenters. The number of pyridine rings is 1. The molecule has 0 spiro atoms. The van der Waals surface area contributed by atoms with E-state index in [2.05, 4.69) is 9.72 Å². The van der Waals surface area contributed by atoms with Crippen LogP contribution >= 0.6 is 0 Å². The number of aromatic hydroxyl groups is 1. The largest absolute Gasteiger partial charge is 0.574 e. The van der Waals surface area contributed by atoms with Crippen molar-refractivity contribution in [1.29, 1.82) is 0 Å². The highest BCUT2D eigenvalue weighted by Crippen LogP contribution is 2.38. The summed E-state index contributed by atoms with van der Waals surface area (Å²) in [7, 11) is 0. The summed E-state index contributed by atoms with van der Waals surface area (Å²) in [5.41, 5.74) is -2.96. The van der Waals surface area contributed by atoms with Crippen LogP contribution in [0, 0.1) is 0 Å². The van der Waals surface area contributed by atoms with Crippen molar-refractivity contribution in [3.8, 4) is 11.6 Å². The molecule has 0 aliphatic rings. The lowest BCUT2D eigenvalue weighted by Gasteiger charge is -2.14. The Labute approximate surface area is 106 Å². The molecule has 0 aromatic carbocycles. The summed E-state index contributed by atoms with van der Waals surface area (Å²) in [5.74, 6) is -4.73. The summed E-state index contributed by atoms with van der Waals surface area (Å²) in [6, 6.07) is 0.270. The number of nitrogens with zero attached hydrogens (tertiary/aromatic N) is 1. The lowest BCUT2D eigenvalue weighted by molar-refractivity contribution is -0.276. The van der Waals surface area contributed by atoms with E-state index in [4.69, 9.17) is 5.11 Å². The highest BCUT2D eigenvalue weighted by molar-refractivity contribution is 5.71. The standard InChI is InChI=1S/C9H5F6NO4/c10-8(11,12)7-6(19)3(2-5(17)18)1-4(16-7)20-9(13,14)15/h1,19H,2H2,(H,17,18).